The number of rotatable bonds is 15. The van der Waals surface area contributed by atoms with Gasteiger partial charge in [-0.3, -0.25) is 4.79 Å². The lowest BCUT2D eigenvalue weighted by Gasteiger charge is -2.03. The number of aliphatic hydroxyl groups excluding tert-OH is 1. The summed E-state index contributed by atoms with van der Waals surface area (Å²) >= 11 is 1.87. The predicted octanol–water partition coefficient (Wildman–Crippen LogP) is 4.97. The maximum atomic E-state index is 10.3. The van der Waals surface area contributed by atoms with Crippen LogP contribution in [0.1, 0.15) is 58.3 Å². The van der Waals surface area contributed by atoms with Crippen molar-refractivity contribution in [3.63, 3.8) is 0 Å². The van der Waals surface area contributed by atoms with E-state index < -0.39 is 5.97 Å². The molecule has 0 aliphatic heterocycles. The normalized spacial score (nSPS) is 13.5. The van der Waals surface area contributed by atoms with Gasteiger partial charge in [0.15, 0.2) is 0 Å². The van der Waals surface area contributed by atoms with Gasteiger partial charge in [-0.25, -0.2) is 0 Å². The van der Waals surface area contributed by atoms with Gasteiger partial charge < -0.3 is 10.2 Å². The van der Waals surface area contributed by atoms with Crippen molar-refractivity contribution in [1.29, 1.82) is 0 Å². The summed E-state index contributed by atoms with van der Waals surface area (Å²) in [4.78, 5) is 10.3. The zero-order valence-electron chi connectivity index (χ0n) is 14.3. The summed E-state index contributed by atoms with van der Waals surface area (Å²) in [6.45, 7) is 2.16. The first kappa shape index (κ1) is 22.0. The molecule has 0 aliphatic rings. The standard InChI is InChI=1S/C19H32O3S/c1-2-3-8-13-18(20)14-9-4-6-11-16-23-17-12-7-5-10-15-19(21)22/h4,6-7,9,12,14,18,20H,2-3,5,8,10-11,13,15-17H2,1H3,(H,21,22)/t18-/m0/s1. The molecule has 23 heavy (non-hydrogen) atoms. The Morgan fingerprint density at radius 1 is 1.09 bits per heavy atom. The van der Waals surface area contributed by atoms with Gasteiger partial charge in [0, 0.05) is 12.2 Å². The molecular formula is C19H32O3S. The second-order valence-electron chi connectivity index (χ2n) is 5.50. The van der Waals surface area contributed by atoms with Crippen LogP contribution in [-0.2, 0) is 4.79 Å². The molecule has 0 bridgehead atoms. The SMILES string of the molecule is CCCCC[C@H](O)C=CC=CCCSCC=CCCCC(=O)O. The van der Waals surface area contributed by atoms with Gasteiger partial charge in [0.05, 0.1) is 6.10 Å². The molecule has 3 nitrogen and oxygen atoms in total. The van der Waals surface area contributed by atoms with E-state index in [4.69, 9.17) is 5.11 Å². The lowest BCUT2D eigenvalue weighted by atomic mass is 10.1. The minimum Gasteiger partial charge on any atom is -0.481 e. The number of carboxylic acids is 1. The number of aliphatic hydroxyl groups is 1. The third kappa shape index (κ3) is 19.0. The molecule has 132 valence electrons. The van der Waals surface area contributed by atoms with Crippen LogP contribution in [0.4, 0.5) is 0 Å². The molecule has 0 radical (unpaired) electrons. The highest BCUT2D eigenvalue weighted by molar-refractivity contribution is 7.99. The Morgan fingerprint density at radius 3 is 2.65 bits per heavy atom. The molecule has 2 N–H and O–H groups in total. The Hall–Kier alpha value is -1.00. The Kier molecular flexibility index (Phi) is 16.6. The molecule has 0 rings (SSSR count). The lowest BCUT2D eigenvalue weighted by Crippen LogP contribution is -2.00. The smallest absolute Gasteiger partial charge is 0.303 e. The maximum absolute atomic E-state index is 10.3. The molecule has 1 atom stereocenters. The van der Waals surface area contributed by atoms with Crippen molar-refractivity contribution in [3.8, 4) is 0 Å². The van der Waals surface area contributed by atoms with E-state index in [0.29, 0.717) is 0 Å². The number of carbonyl (C=O) groups is 1. The lowest BCUT2D eigenvalue weighted by molar-refractivity contribution is -0.137. The van der Waals surface area contributed by atoms with Gasteiger partial charge in [0.2, 0.25) is 0 Å². The highest BCUT2D eigenvalue weighted by atomic mass is 32.2. The van der Waals surface area contributed by atoms with Gasteiger partial charge in [0.1, 0.15) is 0 Å². The van der Waals surface area contributed by atoms with E-state index in [9.17, 15) is 9.90 Å². The van der Waals surface area contributed by atoms with E-state index in [1.807, 2.05) is 30.0 Å². The van der Waals surface area contributed by atoms with Crippen LogP contribution in [0.3, 0.4) is 0 Å². The van der Waals surface area contributed by atoms with E-state index in [1.165, 1.54) is 12.8 Å². The fourth-order valence-electron chi connectivity index (χ4n) is 1.93. The third-order valence-electron chi connectivity index (χ3n) is 3.25. The summed E-state index contributed by atoms with van der Waals surface area (Å²) in [5, 5.41) is 18.2. The monoisotopic (exact) mass is 340 g/mol. The molecule has 4 heteroatoms. The maximum Gasteiger partial charge on any atom is 0.303 e. The van der Waals surface area contributed by atoms with Crippen molar-refractivity contribution in [2.24, 2.45) is 0 Å². The summed E-state index contributed by atoms with van der Waals surface area (Å²) in [5.41, 5.74) is 0. The topological polar surface area (TPSA) is 57.5 Å². The minimum atomic E-state index is -0.720. The second kappa shape index (κ2) is 17.4. The predicted molar refractivity (Wildman–Crippen MR) is 101 cm³/mol. The van der Waals surface area contributed by atoms with E-state index in [-0.39, 0.29) is 12.5 Å². The molecule has 0 aromatic heterocycles. The molecule has 0 heterocycles. The van der Waals surface area contributed by atoms with Gasteiger partial charge in [0.25, 0.3) is 0 Å². The first-order chi connectivity index (χ1) is 11.2. The molecule has 0 fully saturated rings. The fraction of sp³-hybridized carbons (Fsp3) is 0.632. The zero-order valence-corrected chi connectivity index (χ0v) is 15.1. The van der Waals surface area contributed by atoms with Crippen LogP contribution in [0, 0.1) is 0 Å². The summed E-state index contributed by atoms with van der Waals surface area (Å²) in [6, 6.07) is 0. The number of hydrogen-bond donors (Lipinski definition) is 2. The second-order valence-corrected chi connectivity index (χ2v) is 6.65. The molecule has 0 saturated heterocycles. The van der Waals surface area contributed by atoms with Crippen LogP contribution in [-0.4, -0.2) is 33.8 Å². The van der Waals surface area contributed by atoms with Crippen LogP contribution in [0.2, 0.25) is 0 Å². The van der Waals surface area contributed by atoms with E-state index >= 15 is 0 Å². The first-order valence-electron chi connectivity index (χ1n) is 8.62. The van der Waals surface area contributed by atoms with Crippen molar-refractivity contribution >= 4 is 17.7 Å². The van der Waals surface area contributed by atoms with Crippen LogP contribution in [0.25, 0.3) is 0 Å². The van der Waals surface area contributed by atoms with Crippen LogP contribution < -0.4 is 0 Å². The van der Waals surface area contributed by atoms with E-state index in [2.05, 4.69) is 25.2 Å². The Labute approximate surface area is 145 Å². The first-order valence-corrected chi connectivity index (χ1v) is 9.78. The highest BCUT2D eigenvalue weighted by Crippen LogP contribution is 2.06. The highest BCUT2D eigenvalue weighted by Gasteiger charge is 1.96. The fourth-order valence-corrected chi connectivity index (χ4v) is 2.67. The van der Waals surface area contributed by atoms with E-state index in [1.54, 1.807) is 0 Å². The molecule has 0 aliphatic carbocycles. The van der Waals surface area contributed by atoms with Crippen LogP contribution >= 0.6 is 11.8 Å². The van der Waals surface area contributed by atoms with Gasteiger partial charge in [-0.1, -0.05) is 62.6 Å². The largest absolute Gasteiger partial charge is 0.481 e. The average Bonchev–Trinajstić information content (AvgIpc) is 2.51. The van der Waals surface area contributed by atoms with Gasteiger partial charge >= 0.3 is 5.97 Å². The van der Waals surface area contributed by atoms with Crippen molar-refractivity contribution in [1.82, 2.24) is 0 Å². The molecule has 0 spiro atoms. The van der Waals surface area contributed by atoms with Crippen molar-refractivity contribution in [2.75, 3.05) is 11.5 Å². The molecule has 0 aromatic rings. The number of unbranched alkanes of at least 4 members (excludes halogenated alkanes) is 3. The zero-order chi connectivity index (χ0) is 17.2. The summed E-state index contributed by atoms with van der Waals surface area (Å²) in [7, 11) is 0. The molecule has 0 saturated carbocycles. The Balaban J connectivity index is 3.43. The Bertz CT molecular complexity index is 362. The molecule has 0 amide bonds. The van der Waals surface area contributed by atoms with Crippen LogP contribution in [0.15, 0.2) is 36.5 Å². The van der Waals surface area contributed by atoms with Crippen molar-refractivity contribution in [3.05, 3.63) is 36.5 Å². The molecular weight excluding hydrogens is 308 g/mol. The Morgan fingerprint density at radius 2 is 1.91 bits per heavy atom. The number of aliphatic carboxylic acids is 1. The van der Waals surface area contributed by atoms with Crippen LogP contribution in [0.5, 0.6) is 0 Å². The third-order valence-corrected chi connectivity index (χ3v) is 4.21. The van der Waals surface area contributed by atoms with Gasteiger partial charge in [-0.15, -0.1) is 0 Å². The average molecular weight is 341 g/mol. The number of thioether (sulfide) groups is 1. The van der Waals surface area contributed by atoms with Gasteiger partial charge in [-0.2, -0.15) is 11.8 Å². The van der Waals surface area contributed by atoms with Crippen molar-refractivity contribution < 1.29 is 15.0 Å². The summed E-state index contributed by atoms with van der Waals surface area (Å²) in [6.07, 6.45) is 18.9. The number of carboxylic acid groups (broad SMARTS) is 1. The summed E-state index contributed by atoms with van der Waals surface area (Å²) in [5.74, 6) is 1.33. The molecule has 0 unspecified atom stereocenters. The van der Waals surface area contributed by atoms with Gasteiger partial charge in [-0.05, 0) is 31.4 Å². The number of allylic oxidation sites excluding steroid dienone is 4. The summed E-state index contributed by atoms with van der Waals surface area (Å²) < 4.78 is 0. The van der Waals surface area contributed by atoms with Crippen molar-refractivity contribution in [2.45, 2.75) is 64.4 Å². The minimum absolute atomic E-state index is 0.253. The number of hydrogen-bond acceptors (Lipinski definition) is 3. The quantitative estimate of drug-likeness (QED) is 0.251. The van der Waals surface area contributed by atoms with E-state index in [0.717, 1.165) is 43.6 Å². The molecule has 0 aromatic carbocycles.